The van der Waals surface area contributed by atoms with E-state index >= 15 is 0 Å². The van der Waals surface area contributed by atoms with Gasteiger partial charge in [0.25, 0.3) is 0 Å². The first-order valence-electron chi connectivity index (χ1n) is 7.74. The van der Waals surface area contributed by atoms with Crippen molar-refractivity contribution in [2.45, 2.75) is 26.9 Å². The monoisotopic (exact) mass is 344 g/mol. The van der Waals surface area contributed by atoms with E-state index in [1.807, 2.05) is 42.5 Å². The van der Waals surface area contributed by atoms with Crippen LogP contribution in [0.15, 0.2) is 54.6 Å². The predicted octanol–water partition coefficient (Wildman–Crippen LogP) is 3.30. The second kappa shape index (κ2) is 7.97. The molecule has 2 aromatic carbocycles. The van der Waals surface area contributed by atoms with Crippen LogP contribution >= 0.6 is 11.6 Å². The molecule has 2 aromatic rings. The van der Waals surface area contributed by atoms with Crippen molar-refractivity contribution >= 4 is 23.4 Å². The third-order valence-corrected chi connectivity index (χ3v) is 4.05. The summed E-state index contributed by atoms with van der Waals surface area (Å²) in [7, 11) is 0. The van der Waals surface area contributed by atoms with E-state index in [9.17, 15) is 9.59 Å². The van der Waals surface area contributed by atoms with Crippen molar-refractivity contribution in [3.05, 3.63) is 70.7 Å². The molecule has 4 nitrogen and oxygen atoms in total. The van der Waals surface area contributed by atoms with Gasteiger partial charge in [0.05, 0.1) is 0 Å². The third-order valence-electron chi connectivity index (χ3n) is 3.80. The Morgan fingerprint density at radius 2 is 1.29 bits per heavy atom. The van der Waals surface area contributed by atoms with Gasteiger partial charge in [0.1, 0.15) is 5.41 Å². The molecule has 2 amide bonds. The molecule has 0 bridgehead atoms. The van der Waals surface area contributed by atoms with Gasteiger partial charge in [-0.2, -0.15) is 0 Å². The van der Waals surface area contributed by atoms with Gasteiger partial charge >= 0.3 is 0 Å². The maximum Gasteiger partial charge on any atom is 0.235 e. The highest BCUT2D eigenvalue weighted by Crippen LogP contribution is 2.17. The molecular formula is C19H21ClN2O2. The second-order valence-electron chi connectivity index (χ2n) is 6.10. The Kier molecular flexibility index (Phi) is 5.99. The summed E-state index contributed by atoms with van der Waals surface area (Å²) in [6.45, 7) is 3.98. The Labute approximate surface area is 147 Å². The smallest absolute Gasteiger partial charge is 0.235 e. The number of halogens is 1. The SMILES string of the molecule is CC(C)(C(=O)NCc1ccccc1)C(=O)NCc1ccc(Cl)cc1. The van der Waals surface area contributed by atoms with E-state index in [2.05, 4.69) is 10.6 Å². The van der Waals surface area contributed by atoms with Crippen molar-refractivity contribution in [3.8, 4) is 0 Å². The van der Waals surface area contributed by atoms with Crippen molar-refractivity contribution in [2.75, 3.05) is 0 Å². The number of carbonyl (C=O) groups excluding carboxylic acids is 2. The molecule has 0 saturated heterocycles. The minimum Gasteiger partial charge on any atom is -0.351 e. The minimum absolute atomic E-state index is 0.306. The highest BCUT2D eigenvalue weighted by Gasteiger charge is 2.35. The van der Waals surface area contributed by atoms with E-state index < -0.39 is 5.41 Å². The topological polar surface area (TPSA) is 58.2 Å². The highest BCUT2D eigenvalue weighted by atomic mass is 35.5. The summed E-state index contributed by atoms with van der Waals surface area (Å²) >= 11 is 5.83. The lowest BCUT2D eigenvalue weighted by Crippen LogP contribution is -2.47. The fraction of sp³-hybridized carbons (Fsp3) is 0.263. The molecule has 0 saturated carbocycles. The normalized spacial score (nSPS) is 11.0. The fourth-order valence-electron chi connectivity index (χ4n) is 2.11. The molecule has 2 N–H and O–H groups in total. The van der Waals surface area contributed by atoms with Gasteiger partial charge in [-0.25, -0.2) is 0 Å². The zero-order valence-electron chi connectivity index (χ0n) is 13.8. The highest BCUT2D eigenvalue weighted by molar-refractivity contribution is 6.30. The number of rotatable bonds is 6. The molecule has 0 fully saturated rings. The molecule has 0 aliphatic rings. The molecule has 0 atom stereocenters. The Morgan fingerprint density at radius 1 is 0.833 bits per heavy atom. The first-order valence-corrected chi connectivity index (χ1v) is 8.12. The molecule has 0 aliphatic heterocycles. The minimum atomic E-state index is -1.15. The number of amides is 2. The Bertz CT molecular complexity index is 697. The van der Waals surface area contributed by atoms with E-state index in [4.69, 9.17) is 11.6 Å². The second-order valence-corrected chi connectivity index (χ2v) is 6.54. The lowest BCUT2D eigenvalue weighted by molar-refractivity contribution is -0.141. The van der Waals surface area contributed by atoms with Crippen LogP contribution in [-0.4, -0.2) is 11.8 Å². The summed E-state index contributed by atoms with van der Waals surface area (Å²) < 4.78 is 0. The quantitative estimate of drug-likeness (QED) is 0.790. The Morgan fingerprint density at radius 3 is 1.79 bits per heavy atom. The van der Waals surface area contributed by atoms with E-state index in [1.165, 1.54) is 0 Å². The number of benzene rings is 2. The van der Waals surface area contributed by atoms with Gasteiger partial charge in [0, 0.05) is 18.1 Å². The summed E-state index contributed by atoms with van der Waals surface area (Å²) in [5.74, 6) is -0.622. The predicted molar refractivity (Wildman–Crippen MR) is 95.4 cm³/mol. The van der Waals surface area contributed by atoms with Crippen LogP contribution in [0.5, 0.6) is 0 Å². The Balaban J connectivity index is 1.88. The molecule has 5 heteroatoms. The van der Waals surface area contributed by atoms with Gasteiger partial charge in [-0.3, -0.25) is 9.59 Å². The van der Waals surface area contributed by atoms with Crippen LogP contribution in [0.2, 0.25) is 5.02 Å². The Hall–Kier alpha value is -2.33. The molecule has 0 heterocycles. The maximum atomic E-state index is 12.4. The van der Waals surface area contributed by atoms with Crippen LogP contribution < -0.4 is 10.6 Å². The summed E-state index contributed by atoms with van der Waals surface area (Å²) in [5.41, 5.74) is 0.762. The standard InChI is InChI=1S/C19H21ClN2O2/c1-19(2,17(23)21-12-14-6-4-3-5-7-14)18(24)22-13-15-8-10-16(20)11-9-15/h3-11H,12-13H2,1-2H3,(H,21,23)(H,22,24). The lowest BCUT2D eigenvalue weighted by atomic mass is 9.91. The molecular weight excluding hydrogens is 324 g/mol. The lowest BCUT2D eigenvalue weighted by Gasteiger charge is -2.22. The fourth-order valence-corrected chi connectivity index (χ4v) is 2.23. The molecule has 2 rings (SSSR count). The van der Waals surface area contributed by atoms with Crippen LogP contribution in [0.1, 0.15) is 25.0 Å². The number of hydrogen-bond acceptors (Lipinski definition) is 2. The molecule has 0 radical (unpaired) electrons. The molecule has 0 aliphatic carbocycles. The van der Waals surface area contributed by atoms with Crippen LogP contribution in [0, 0.1) is 5.41 Å². The van der Waals surface area contributed by atoms with Crippen molar-refractivity contribution in [1.29, 1.82) is 0 Å². The van der Waals surface area contributed by atoms with E-state index in [-0.39, 0.29) is 11.8 Å². The number of hydrogen-bond donors (Lipinski definition) is 2. The average molecular weight is 345 g/mol. The summed E-state index contributed by atoms with van der Waals surface area (Å²) in [6.07, 6.45) is 0. The van der Waals surface area contributed by atoms with Crippen molar-refractivity contribution in [3.63, 3.8) is 0 Å². The van der Waals surface area contributed by atoms with Gasteiger partial charge in [0.15, 0.2) is 0 Å². The van der Waals surface area contributed by atoms with E-state index in [0.29, 0.717) is 18.1 Å². The summed E-state index contributed by atoms with van der Waals surface area (Å²) in [4.78, 5) is 24.7. The van der Waals surface area contributed by atoms with Gasteiger partial charge in [-0.15, -0.1) is 0 Å². The number of carbonyl (C=O) groups is 2. The maximum absolute atomic E-state index is 12.4. The zero-order chi connectivity index (χ0) is 17.6. The zero-order valence-corrected chi connectivity index (χ0v) is 14.6. The first-order chi connectivity index (χ1) is 11.4. The molecule has 24 heavy (non-hydrogen) atoms. The van der Waals surface area contributed by atoms with Crippen LogP contribution in [-0.2, 0) is 22.7 Å². The van der Waals surface area contributed by atoms with Gasteiger partial charge in [0.2, 0.25) is 11.8 Å². The first kappa shape index (κ1) is 18.0. The molecule has 0 unspecified atom stereocenters. The van der Waals surface area contributed by atoms with Gasteiger partial charge < -0.3 is 10.6 Å². The van der Waals surface area contributed by atoms with Crippen molar-refractivity contribution in [2.24, 2.45) is 5.41 Å². The van der Waals surface area contributed by atoms with E-state index in [0.717, 1.165) is 11.1 Å². The summed E-state index contributed by atoms with van der Waals surface area (Å²) in [6, 6.07) is 16.8. The van der Waals surface area contributed by atoms with Crippen molar-refractivity contribution < 1.29 is 9.59 Å². The third kappa shape index (κ3) is 4.83. The summed E-state index contributed by atoms with van der Waals surface area (Å²) in [5, 5.41) is 6.25. The largest absolute Gasteiger partial charge is 0.351 e. The van der Waals surface area contributed by atoms with Gasteiger partial charge in [-0.05, 0) is 37.1 Å². The van der Waals surface area contributed by atoms with Crippen LogP contribution in [0.3, 0.4) is 0 Å². The van der Waals surface area contributed by atoms with Crippen molar-refractivity contribution in [1.82, 2.24) is 10.6 Å². The number of nitrogens with one attached hydrogen (secondary N) is 2. The molecule has 0 spiro atoms. The van der Waals surface area contributed by atoms with E-state index in [1.54, 1.807) is 26.0 Å². The van der Waals surface area contributed by atoms with Crippen LogP contribution in [0.25, 0.3) is 0 Å². The molecule has 126 valence electrons. The average Bonchev–Trinajstić information content (AvgIpc) is 2.59. The molecule has 0 aromatic heterocycles. The van der Waals surface area contributed by atoms with Gasteiger partial charge in [-0.1, -0.05) is 54.1 Å². The van der Waals surface area contributed by atoms with Crippen LogP contribution in [0.4, 0.5) is 0 Å².